The molecule has 0 spiro atoms. The van der Waals surface area contributed by atoms with Gasteiger partial charge in [-0.3, -0.25) is 0 Å². The highest BCUT2D eigenvalue weighted by molar-refractivity contribution is 4.85. The second-order valence-corrected chi connectivity index (χ2v) is 3.30. The molecule has 0 aromatic rings. The Balaban J connectivity index is 2.11. The van der Waals surface area contributed by atoms with Gasteiger partial charge in [0.05, 0.1) is 0 Å². The number of hydrogen-bond acceptors (Lipinski definition) is 2. The molecule has 0 bridgehead atoms. The standard InChI is InChI=1S/C9H18O2/c1-4-7-5-8(7)6-9(10-2)11-3/h7-9H,4-6H2,1-3H3/t7-,8-/m0/s1. The van der Waals surface area contributed by atoms with E-state index in [2.05, 4.69) is 6.92 Å². The highest BCUT2D eigenvalue weighted by Crippen LogP contribution is 2.44. The van der Waals surface area contributed by atoms with Crippen LogP contribution in [0.1, 0.15) is 26.2 Å². The quantitative estimate of drug-likeness (QED) is 0.570. The van der Waals surface area contributed by atoms with E-state index < -0.39 is 0 Å². The van der Waals surface area contributed by atoms with Crippen molar-refractivity contribution in [3.8, 4) is 0 Å². The first kappa shape index (κ1) is 9.01. The lowest BCUT2D eigenvalue weighted by Crippen LogP contribution is -2.13. The van der Waals surface area contributed by atoms with E-state index in [4.69, 9.17) is 9.47 Å². The Labute approximate surface area is 68.9 Å². The fourth-order valence-electron chi connectivity index (χ4n) is 1.63. The van der Waals surface area contributed by atoms with Crippen LogP contribution in [0, 0.1) is 11.8 Å². The predicted octanol–water partition coefficient (Wildman–Crippen LogP) is 2.04. The van der Waals surface area contributed by atoms with Gasteiger partial charge in [0.1, 0.15) is 0 Å². The minimum Gasteiger partial charge on any atom is -0.356 e. The van der Waals surface area contributed by atoms with Gasteiger partial charge in [0.25, 0.3) is 0 Å². The minimum atomic E-state index is 0.0246. The Hall–Kier alpha value is -0.0800. The molecule has 0 amide bonds. The van der Waals surface area contributed by atoms with Gasteiger partial charge in [0.2, 0.25) is 0 Å². The van der Waals surface area contributed by atoms with E-state index in [0.29, 0.717) is 0 Å². The average molecular weight is 158 g/mol. The SMILES string of the molecule is CC[C@H]1C[C@H]1CC(OC)OC. The summed E-state index contributed by atoms with van der Waals surface area (Å²) in [6.45, 7) is 2.25. The van der Waals surface area contributed by atoms with E-state index >= 15 is 0 Å². The molecule has 66 valence electrons. The van der Waals surface area contributed by atoms with Gasteiger partial charge in [-0.15, -0.1) is 0 Å². The van der Waals surface area contributed by atoms with Crippen molar-refractivity contribution in [1.82, 2.24) is 0 Å². The molecule has 1 fully saturated rings. The van der Waals surface area contributed by atoms with E-state index in [-0.39, 0.29) is 6.29 Å². The van der Waals surface area contributed by atoms with E-state index in [0.717, 1.165) is 18.3 Å². The number of rotatable bonds is 5. The van der Waals surface area contributed by atoms with Crippen molar-refractivity contribution in [1.29, 1.82) is 0 Å². The van der Waals surface area contributed by atoms with Crippen molar-refractivity contribution in [2.24, 2.45) is 11.8 Å². The summed E-state index contributed by atoms with van der Waals surface area (Å²) >= 11 is 0. The van der Waals surface area contributed by atoms with Crippen LogP contribution in [-0.4, -0.2) is 20.5 Å². The molecule has 0 heterocycles. The Morgan fingerprint density at radius 1 is 1.27 bits per heavy atom. The molecular weight excluding hydrogens is 140 g/mol. The highest BCUT2D eigenvalue weighted by Gasteiger charge is 2.36. The number of methoxy groups -OCH3 is 2. The summed E-state index contributed by atoms with van der Waals surface area (Å²) in [5, 5.41) is 0. The molecule has 0 unspecified atom stereocenters. The summed E-state index contributed by atoms with van der Waals surface area (Å²) in [5.74, 6) is 1.81. The van der Waals surface area contributed by atoms with Crippen LogP contribution < -0.4 is 0 Å². The summed E-state index contributed by atoms with van der Waals surface area (Å²) in [7, 11) is 3.41. The third-order valence-corrected chi connectivity index (χ3v) is 2.61. The zero-order chi connectivity index (χ0) is 8.27. The molecule has 1 rings (SSSR count). The van der Waals surface area contributed by atoms with Gasteiger partial charge >= 0.3 is 0 Å². The lowest BCUT2D eigenvalue weighted by Gasteiger charge is -2.12. The molecule has 2 nitrogen and oxygen atoms in total. The monoisotopic (exact) mass is 158 g/mol. The van der Waals surface area contributed by atoms with Crippen LogP contribution in [0.4, 0.5) is 0 Å². The topological polar surface area (TPSA) is 18.5 Å². The van der Waals surface area contributed by atoms with Crippen molar-refractivity contribution in [3.63, 3.8) is 0 Å². The maximum Gasteiger partial charge on any atom is 0.157 e. The first-order chi connectivity index (χ1) is 5.31. The van der Waals surface area contributed by atoms with Gasteiger partial charge in [-0.25, -0.2) is 0 Å². The van der Waals surface area contributed by atoms with Gasteiger partial charge in [-0.05, 0) is 18.3 Å². The van der Waals surface area contributed by atoms with Gasteiger partial charge < -0.3 is 9.47 Å². The van der Waals surface area contributed by atoms with Crippen LogP contribution in [0.25, 0.3) is 0 Å². The van der Waals surface area contributed by atoms with Crippen molar-refractivity contribution in [2.45, 2.75) is 32.5 Å². The molecule has 1 aliphatic rings. The summed E-state index contributed by atoms with van der Waals surface area (Å²) < 4.78 is 10.2. The second kappa shape index (κ2) is 4.07. The largest absolute Gasteiger partial charge is 0.356 e. The Kier molecular flexibility index (Phi) is 3.34. The maximum atomic E-state index is 5.12. The molecule has 0 radical (unpaired) electrons. The van der Waals surface area contributed by atoms with Gasteiger partial charge in [0.15, 0.2) is 6.29 Å². The van der Waals surface area contributed by atoms with Crippen molar-refractivity contribution >= 4 is 0 Å². The van der Waals surface area contributed by atoms with Crippen LogP contribution in [0.15, 0.2) is 0 Å². The molecule has 0 aliphatic heterocycles. The van der Waals surface area contributed by atoms with E-state index in [1.807, 2.05) is 0 Å². The molecule has 0 saturated heterocycles. The third-order valence-electron chi connectivity index (χ3n) is 2.61. The normalized spacial score (nSPS) is 29.5. The fraction of sp³-hybridized carbons (Fsp3) is 1.00. The lowest BCUT2D eigenvalue weighted by atomic mass is 10.2. The minimum absolute atomic E-state index is 0.0246. The summed E-state index contributed by atoms with van der Waals surface area (Å²) in [4.78, 5) is 0. The van der Waals surface area contributed by atoms with Crippen LogP contribution in [0.3, 0.4) is 0 Å². The lowest BCUT2D eigenvalue weighted by molar-refractivity contribution is -0.109. The molecule has 11 heavy (non-hydrogen) atoms. The van der Waals surface area contributed by atoms with Gasteiger partial charge in [0, 0.05) is 20.6 Å². The zero-order valence-electron chi connectivity index (χ0n) is 7.67. The smallest absolute Gasteiger partial charge is 0.157 e. The van der Waals surface area contributed by atoms with Crippen LogP contribution in [0.5, 0.6) is 0 Å². The summed E-state index contributed by atoms with van der Waals surface area (Å²) in [6.07, 6.45) is 3.78. The van der Waals surface area contributed by atoms with Crippen LogP contribution in [0.2, 0.25) is 0 Å². The molecule has 1 aliphatic carbocycles. The van der Waals surface area contributed by atoms with Crippen LogP contribution >= 0.6 is 0 Å². The summed E-state index contributed by atoms with van der Waals surface area (Å²) in [5.41, 5.74) is 0. The summed E-state index contributed by atoms with van der Waals surface area (Å²) in [6, 6.07) is 0. The van der Waals surface area contributed by atoms with E-state index in [1.54, 1.807) is 14.2 Å². The third kappa shape index (κ3) is 2.46. The molecule has 0 N–H and O–H groups in total. The molecule has 0 aromatic carbocycles. The Bertz CT molecular complexity index is 110. The van der Waals surface area contributed by atoms with Crippen LogP contribution in [-0.2, 0) is 9.47 Å². The molecule has 2 heteroatoms. The molecule has 0 aromatic heterocycles. The Morgan fingerprint density at radius 2 is 1.91 bits per heavy atom. The van der Waals surface area contributed by atoms with Crippen molar-refractivity contribution in [3.05, 3.63) is 0 Å². The number of hydrogen-bond donors (Lipinski definition) is 0. The maximum absolute atomic E-state index is 5.12. The number of ether oxygens (including phenoxy) is 2. The highest BCUT2D eigenvalue weighted by atomic mass is 16.7. The van der Waals surface area contributed by atoms with Gasteiger partial charge in [-0.1, -0.05) is 13.3 Å². The van der Waals surface area contributed by atoms with Crippen molar-refractivity contribution in [2.75, 3.05) is 14.2 Å². The predicted molar refractivity (Wildman–Crippen MR) is 44.3 cm³/mol. The van der Waals surface area contributed by atoms with Crippen molar-refractivity contribution < 1.29 is 9.47 Å². The Morgan fingerprint density at radius 3 is 2.27 bits per heavy atom. The molecule has 2 atom stereocenters. The molecule has 1 saturated carbocycles. The molecular formula is C9H18O2. The zero-order valence-corrected chi connectivity index (χ0v) is 7.67. The van der Waals surface area contributed by atoms with E-state index in [9.17, 15) is 0 Å². The van der Waals surface area contributed by atoms with E-state index in [1.165, 1.54) is 12.8 Å². The second-order valence-electron chi connectivity index (χ2n) is 3.30. The first-order valence-electron chi connectivity index (χ1n) is 4.37. The van der Waals surface area contributed by atoms with Gasteiger partial charge in [-0.2, -0.15) is 0 Å². The fourth-order valence-corrected chi connectivity index (χ4v) is 1.63. The first-order valence-corrected chi connectivity index (χ1v) is 4.37. The average Bonchev–Trinajstić information content (AvgIpc) is 2.78.